The molecule has 1 amide bonds. The molecule has 0 aliphatic rings. The van der Waals surface area contributed by atoms with Crippen LogP contribution in [0.15, 0.2) is 53.1 Å². The Balaban J connectivity index is 1.84. The van der Waals surface area contributed by atoms with Gasteiger partial charge in [0.25, 0.3) is 5.91 Å². The number of pyridine rings is 1. The van der Waals surface area contributed by atoms with Crippen molar-refractivity contribution < 1.29 is 9.21 Å². The summed E-state index contributed by atoms with van der Waals surface area (Å²) in [6, 6.07) is 12.8. The molecule has 0 bridgehead atoms. The van der Waals surface area contributed by atoms with E-state index in [1.54, 1.807) is 24.5 Å². The zero-order valence-electron chi connectivity index (χ0n) is 10.7. The Hall–Kier alpha value is -2.82. The maximum Gasteiger partial charge on any atom is 0.270 e. The fourth-order valence-corrected chi connectivity index (χ4v) is 2.01. The lowest BCUT2D eigenvalue weighted by Gasteiger charge is -2.06. The fourth-order valence-electron chi connectivity index (χ4n) is 2.01. The normalized spacial score (nSPS) is 10.6. The predicted octanol–water partition coefficient (Wildman–Crippen LogP) is 2.34. The molecule has 5 nitrogen and oxygen atoms in total. The number of nitrogens with zero attached hydrogens (tertiary/aromatic N) is 1. The highest BCUT2D eigenvalue weighted by atomic mass is 16.3. The first-order valence-electron chi connectivity index (χ1n) is 6.20. The maximum atomic E-state index is 12.1. The molecule has 100 valence electrons. The highest BCUT2D eigenvalue weighted by Crippen LogP contribution is 2.19. The molecule has 0 saturated carbocycles. The van der Waals surface area contributed by atoms with E-state index in [2.05, 4.69) is 10.3 Å². The van der Waals surface area contributed by atoms with Gasteiger partial charge in [-0.15, -0.1) is 0 Å². The third-order valence-electron chi connectivity index (χ3n) is 3.01. The van der Waals surface area contributed by atoms with Crippen LogP contribution in [0.2, 0.25) is 0 Å². The van der Waals surface area contributed by atoms with Crippen LogP contribution in [0.5, 0.6) is 0 Å². The molecule has 3 aromatic rings. The molecular weight excluding hydrogens is 254 g/mol. The van der Waals surface area contributed by atoms with Crippen molar-refractivity contribution in [1.82, 2.24) is 10.3 Å². The molecule has 0 saturated heterocycles. The Morgan fingerprint density at radius 1 is 1.25 bits per heavy atom. The van der Waals surface area contributed by atoms with Gasteiger partial charge in [-0.1, -0.05) is 24.3 Å². The number of furan rings is 1. The summed E-state index contributed by atoms with van der Waals surface area (Å²) in [5.41, 5.74) is 6.17. The molecular formula is C15H13N3O2. The second-order valence-electron chi connectivity index (χ2n) is 4.38. The lowest BCUT2D eigenvalue weighted by molar-refractivity contribution is 0.0943. The highest BCUT2D eigenvalue weighted by Gasteiger charge is 2.10. The van der Waals surface area contributed by atoms with E-state index < -0.39 is 0 Å². The molecule has 0 aliphatic carbocycles. The number of nitrogens with one attached hydrogen (secondary N) is 1. The van der Waals surface area contributed by atoms with Crippen molar-refractivity contribution in [3.63, 3.8) is 0 Å². The summed E-state index contributed by atoms with van der Waals surface area (Å²) in [5.74, 6) is 0.761. The van der Waals surface area contributed by atoms with E-state index in [1.165, 1.54) is 0 Å². The average molecular weight is 267 g/mol. The van der Waals surface area contributed by atoms with Crippen LogP contribution < -0.4 is 11.1 Å². The zero-order valence-corrected chi connectivity index (χ0v) is 10.7. The zero-order chi connectivity index (χ0) is 13.9. The number of amides is 1. The number of nitrogen functional groups attached to an aromatic ring is 1. The van der Waals surface area contributed by atoms with Gasteiger partial charge in [0.1, 0.15) is 17.3 Å². The van der Waals surface area contributed by atoms with Gasteiger partial charge < -0.3 is 15.5 Å². The molecule has 0 radical (unpaired) electrons. The Labute approximate surface area is 115 Å². The van der Waals surface area contributed by atoms with Crippen molar-refractivity contribution >= 4 is 22.5 Å². The summed E-state index contributed by atoms with van der Waals surface area (Å²) in [5, 5.41) is 4.48. The number of hydrogen-bond acceptors (Lipinski definition) is 4. The first kappa shape index (κ1) is 12.2. The highest BCUT2D eigenvalue weighted by molar-refractivity contribution is 5.99. The summed E-state index contributed by atoms with van der Waals surface area (Å²) in [6.07, 6.45) is 1.56. The third-order valence-corrected chi connectivity index (χ3v) is 3.01. The molecule has 1 aromatic carbocycles. The van der Waals surface area contributed by atoms with Gasteiger partial charge in [-0.05, 0) is 23.6 Å². The molecule has 2 heterocycles. The Bertz CT molecular complexity index is 751. The van der Waals surface area contributed by atoms with Gasteiger partial charge in [-0.2, -0.15) is 0 Å². The number of carbonyl (C=O) groups is 1. The number of anilines is 1. The van der Waals surface area contributed by atoms with Crippen molar-refractivity contribution in [2.75, 3.05) is 5.73 Å². The van der Waals surface area contributed by atoms with Crippen LogP contribution in [-0.2, 0) is 6.54 Å². The first-order chi connectivity index (χ1) is 9.74. The minimum absolute atomic E-state index is 0.279. The van der Waals surface area contributed by atoms with Crippen LogP contribution >= 0.6 is 0 Å². The van der Waals surface area contributed by atoms with Crippen LogP contribution in [0.4, 0.5) is 5.82 Å². The maximum absolute atomic E-state index is 12.1. The van der Waals surface area contributed by atoms with Crippen molar-refractivity contribution in [2.24, 2.45) is 0 Å². The molecule has 0 aliphatic heterocycles. The lowest BCUT2D eigenvalue weighted by atomic mass is 10.1. The molecule has 3 N–H and O–H groups in total. The van der Waals surface area contributed by atoms with Gasteiger partial charge >= 0.3 is 0 Å². The van der Waals surface area contributed by atoms with Gasteiger partial charge in [0.05, 0.1) is 12.8 Å². The Morgan fingerprint density at radius 2 is 2.10 bits per heavy atom. The molecule has 0 fully saturated rings. The minimum Gasteiger partial charge on any atom is -0.467 e. The number of aromatic nitrogens is 1. The van der Waals surface area contributed by atoms with E-state index in [4.69, 9.17) is 10.2 Å². The molecule has 2 aromatic heterocycles. The predicted molar refractivity (Wildman–Crippen MR) is 76.0 cm³/mol. The number of fused-ring (bicyclic) bond motifs is 1. The van der Waals surface area contributed by atoms with E-state index in [0.717, 1.165) is 10.8 Å². The number of nitrogens with two attached hydrogens (primary N) is 1. The molecule has 5 heteroatoms. The van der Waals surface area contributed by atoms with E-state index in [0.29, 0.717) is 23.8 Å². The number of rotatable bonds is 3. The largest absolute Gasteiger partial charge is 0.467 e. The smallest absolute Gasteiger partial charge is 0.270 e. The van der Waals surface area contributed by atoms with E-state index in [1.807, 2.05) is 24.3 Å². The minimum atomic E-state index is -0.279. The van der Waals surface area contributed by atoms with Gasteiger partial charge in [-0.3, -0.25) is 4.79 Å². The SMILES string of the molecule is Nc1nc(C(=O)NCc2ccco2)cc2ccccc12. The molecule has 0 unspecified atom stereocenters. The second kappa shape index (κ2) is 5.05. The summed E-state index contributed by atoms with van der Waals surface area (Å²) >= 11 is 0. The number of hydrogen-bond donors (Lipinski definition) is 2. The average Bonchev–Trinajstić information content (AvgIpc) is 2.98. The summed E-state index contributed by atoms with van der Waals surface area (Å²) < 4.78 is 5.15. The van der Waals surface area contributed by atoms with Crippen LogP contribution in [0.25, 0.3) is 10.8 Å². The second-order valence-corrected chi connectivity index (χ2v) is 4.38. The standard InChI is InChI=1S/C15H13N3O2/c16-14-12-6-2-1-4-10(12)8-13(18-14)15(19)17-9-11-5-3-7-20-11/h1-8H,9H2,(H2,16,18)(H,17,19). The number of benzene rings is 1. The van der Waals surface area contributed by atoms with Crippen molar-refractivity contribution in [1.29, 1.82) is 0 Å². The molecule has 20 heavy (non-hydrogen) atoms. The van der Waals surface area contributed by atoms with Crippen molar-refractivity contribution in [2.45, 2.75) is 6.54 Å². The summed E-state index contributed by atoms with van der Waals surface area (Å²) in [6.45, 7) is 0.320. The Morgan fingerprint density at radius 3 is 2.90 bits per heavy atom. The van der Waals surface area contributed by atoms with Crippen LogP contribution in [0.3, 0.4) is 0 Å². The van der Waals surface area contributed by atoms with Crippen LogP contribution in [-0.4, -0.2) is 10.9 Å². The third kappa shape index (κ3) is 2.33. The van der Waals surface area contributed by atoms with Gasteiger partial charge in [0.15, 0.2) is 0 Å². The molecule has 0 atom stereocenters. The van der Waals surface area contributed by atoms with Gasteiger partial charge in [0.2, 0.25) is 0 Å². The fraction of sp³-hybridized carbons (Fsp3) is 0.0667. The quantitative estimate of drug-likeness (QED) is 0.763. The summed E-state index contributed by atoms with van der Waals surface area (Å²) in [7, 11) is 0. The van der Waals surface area contributed by atoms with E-state index >= 15 is 0 Å². The Kier molecular flexibility index (Phi) is 3.09. The van der Waals surface area contributed by atoms with Gasteiger partial charge in [0, 0.05) is 5.39 Å². The van der Waals surface area contributed by atoms with Crippen LogP contribution in [0, 0.1) is 0 Å². The van der Waals surface area contributed by atoms with Crippen molar-refractivity contribution in [3.05, 3.63) is 60.2 Å². The molecule has 0 spiro atoms. The van der Waals surface area contributed by atoms with E-state index in [9.17, 15) is 4.79 Å². The van der Waals surface area contributed by atoms with Crippen LogP contribution in [0.1, 0.15) is 16.2 Å². The lowest BCUT2D eigenvalue weighted by Crippen LogP contribution is -2.23. The molecule has 3 rings (SSSR count). The van der Waals surface area contributed by atoms with E-state index in [-0.39, 0.29) is 5.91 Å². The number of carbonyl (C=O) groups excluding carboxylic acids is 1. The first-order valence-corrected chi connectivity index (χ1v) is 6.20. The topological polar surface area (TPSA) is 81.1 Å². The van der Waals surface area contributed by atoms with Crippen molar-refractivity contribution in [3.8, 4) is 0 Å². The monoisotopic (exact) mass is 267 g/mol. The summed E-state index contributed by atoms with van der Waals surface area (Å²) in [4.78, 5) is 16.2. The van der Waals surface area contributed by atoms with Gasteiger partial charge in [-0.25, -0.2) is 4.98 Å².